The molecule has 0 bridgehead atoms. The number of halogens is 4. The van der Waals surface area contributed by atoms with E-state index >= 15 is 4.39 Å². The minimum Gasteiger partial charge on any atom is -0.492 e. The van der Waals surface area contributed by atoms with Crippen molar-refractivity contribution in [2.45, 2.75) is 44.4 Å². The predicted molar refractivity (Wildman–Crippen MR) is 140 cm³/mol. The number of aromatic nitrogens is 3. The molecule has 1 unspecified atom stereocenters. The fraction of sp³-hybridized carbons (Fsp3) is 0.300. The molecule has 0 radical (unpaired) electrons. The molecule has 41 heavy (non-hydrogen) atoms. The molecule has 0 spiro atoms. The fourth-order valence-corrected chi connectivity index (χ4v) is 5.62. The first kappa shape index (κ1) is 26.8. The highest BCUT2D eigenvalue weighted by Crippen LogP contribution is 2.48. The average molecular weight is 568 g/mol. The van der Waals surface area contributed by atoms with E-state index < -0.39 is 23.7 Å². The maximum atomic E-state index is 15.4. The number of carbonyl (C=O) groups excluding carboxylic acids is 1. The topological polar surface area (TPSA) is 86.3 Å². The molecule has 0 fully saturated rings. The molecule has 2 atom stereocenters. The Labute approximate surface area is 232 Å². The van der Waals surface area contributed by atoms with Crippen LogP contribution in [0.2, 0.25) is 0 Å². The summed E-state index contributed by atoms with van der Waals surface area (Å²) < 4.78 is 74.5. The Balaban J connectivity index is 1.33. The molecule has 1 aliphatic carbocycles. The van der Waals surface area contributed by atoms with E-state index in [2.05, 4.69) is 15.2 Å². The van der Waals surface area contributed by atoms with Gasteiger partial charge in [0.2, 0.25) is 0 Å². The first-order valence-corrected chi connectivity index (χ1v) is 13.0. The lowest BCUT2D eigenvalue weighted by Gasteiger charge is -2.21. The zero-order chi connectivity index (χ0) is 28.9. The largest absolute Gasteiger partial charge is 0.492 e. The normalized spacial score (nSPS) is 17.6. The van der Waals surface area contributed by atoms with Crippen molar-refractivity contribution < 1.29 is 36.6 Å². The molecular weight excluding hydrogens is 542 g/mol. The number of hydrogen-bond donors (Lipinski definition) is 1. The summed E-state index contributed by atoms with van der Waals surface area (Å²) in [7, 11) is 1.33. The molecule has 1 aromatic heterocycles. The second kappa shape index (κ2) is 10.2. The van der Waals surface area contributed by atoms with E-state index in [0.717, 1.165) is 5.56 Å². The number of aryl methyl sites for hydroxylation is 1. The Morgan fingerprint density at radius 2 is 1.88 bits per heavy atom. The number of benzene rings is 3. The van der Waals surface area contributed by atoms with Gasteiger partial charge < -0.3 is 14.2 Å². The van der Waals surface area contributed by atoms with Gasteiger partial charge in [0.05, 0.1) is 25.7 Å². The second-order valence-corrected chi connectivity index (χ2v) is 10.1. The molecule has 11 heteroatoms. The number of carbonyl (C=O) groups is 1. The summed E-state index contributed by atoms with van der Waals surface area (Å²) in [4.78, 5) is 16.0. The van der Waals surface area contributed by atoms with Crippen LogP contribution in [0.1, 0.15) is 52.9 Å². The van der Waals surface area contributed by atoms with Crippen molar-refractivity contribution in [2.75, 3.05) is 13.7 Å². The molecule has 0 saturated carbocycles. The van der Waals surface area contributed by atoms with Crippen molar-refractivity contribution in [1.82, 2.24) is 15.2 Å². The van der Waals surface area contributed by atoms with Crippen LogP contribution in [0.4, 0.5) is 17.6 Å². The van der Waals surface area contributed by atoms with Crippen LogP contribution >= 0.6 is 0 Å². The van der Waals surface area contributed by atoms with Crippen LogP contribution < -0.4 is 9.47 Å². The molecule has 1 aliphatic heterocycles. The van der Waals surface area contributed by atoms with Gasteiger partial charge in [-0.15, -0.1) is 0 Å². The van der Waals surface area contributed by atoms with Gasteiger partial charge in [0.1, 0.15) is 29.2 Å². The Bertz CT molecular complexity index is 1630. The fourth-order valence-electron chi connectivity index (χ4n) is 5.62. The van der Waals surface area contributed by atoms with Crippen molar-refractivity contribution in [1.29, 1.82) is 0 Å². The number of nitrogens with one attached hydrogen (secondary N) is 1. The summed E-state index contributed by atoms with van der Waals surface area (Å²) in [6, 6.07) is 12.1. The molecule has 2 aliphatic rings. The number of aromatic amines is 1. The third-order valence-corrected chi connectivity index (χ3v) is 7.52. The minimum absolute atomic E-state index is 0.0549. The van der Waals surface area contributed by atoms with Crippen LogP contribution in [-0.2, 0) is 22.1 Å². The molecule has 2 heterocycles. The van der Waals surface area contributed by atoms with Gasteiger partial charge >= 0.3 is 12.1 Å². The third-order valence-electron chi connectivity index (χ3n) is 7.52. The Hall–Kier alpha value is -4.41. The summed E-state index contributed by atoms with van der Waals surface area (Å²) in [5, 5.41) is 6.84. The quantitative estimate of drug-likeness (QED) is 0.206. The lowest BCUT2D eigenvalue weighted by atomic mass is 9.90. The molecule has 1 N–H and O–H groups in total. The maximum absolute atomic E-state index is 15.4. The van der Waals surface area contributed by atoms with Gasteiger partial charge in [0.25, 0.3) is 0 Å². The van der Waals surface area contributed by atoms with Gasteiger partial charge in [0.15, 0.2) is 5.82 Å². The lowest BCUT2D eigenvalue weighted by molar-refractivity contribution is -0.141. The van der Waals surface area contributed by atoms with E-state index in [4.69, 9.17) is 14.2 Å². The Kier molecular flexibility index (Phi) is 6.67. The molecular formula is C30H25F4N3O4. The Morgan fingerprint density at radius 3 is 2.56 bits per heavy atom. The van der Waals surface area contributed by atoms with Crippen LogP contribution in [0.3, 0.4) is 0 Å². The van der Waals surface area contributed by atoms with Crippen LogP contribution in [0.15, 0.2) is 48.5 Å². The van der Waals surface area contributed by atoms with E-state index in [1.807, 2.05) is 0 Å². The lowest BCUT2D eigenvalue weighted by Crippen LogP contribution is -2.12. The van der Waals surface area contributed by atoms with Gasteiger partial charge in [-0.2, -0.15) is 18.3 Å². The predicted octanol–water partition coefficient (Wildman–Crippen LogP) is 6.71. The van der Waals surface area contributed by atoms with Gasteiger partial charge in [-0.25, -0.2) is 9.37 Å². The van der Waals surface area contributed by atoms with Crippen molar-refractivity contribution >= 4 is 5.97 Å². The number of hydrogen-bond acceptors (Lipinski definition) is 6. The van der Waals surface area contributed by atoms with Crippen molar-refractivity contribution in [3.63, 3.8) is 0 Å². The summed E-state index contributed by atoms with van der Waals surface area (Å²) in [5.41, 5.74) is 1.10. The SMILES string of the molecule is COC(=O)CC1COc2cc(O[C@@H]3CCc4c(-c5ccc(-c6n[nH]c(C)n6)cc5)c(C(F)(F)F)cc(F)c43)ccc21. The zero-order valence-corrected chi connectivity index (χ0v) is 22.1. The van der Waals surface area contributed by atoms with Crippen LogP contribution in [0.25, 0.3) is 22.5 Å². The summed E-state index contributed by atoms with van der Waals surface area (Å²) in [5.74, 6) is 0.527. The second-order valence-electron chi connectivity index (χ2n) is 10.1. The number of methoxy groups -OCH3 is 1. The number of fused-ring (bicyclic) bond motifs is 2. The molecule has 0 saturated heterocycles. The molecule has 7 nitrogen and oxygen atoms in total. The van der Waals surface area contributed by atoms with Crippen LogP contribution in [-0.4, -0.2) is 34.9 Å². The van der Waals surface area contributed by atoms with Crippen molar-refractivity contribution in [3.05, 3.63) is 82.4 Å². The van der Waals surface area contributed by atoms with Gasteiger partial charge in [0, 0.05) is 28.7 Å². The molecule has 6 rings (SSSR count). The first-order valence-electron chi connectivity index (χ1n) is 13.0. The summed E-state index contributed by atoms with van der Waals surface area (Å²) in [6.45, 7) is 2.06. The van der Waals surface area contributed by atoms with Crippen LogP contribution in [0, 0.1) is 12.7 Å². The average Bonchev–Trinajstić information content (AvgIpc) is 3.67. The first-order chi connectivity index (χ1) is 19.6. The number of alkyl halides is 3. The number of esters is 1. The molecule has 0 amide bonds. The number of nitrogens with zero attached hydrogens (tertiary/aromatic N) is 2. The molecule has 4 aromatic rings. The van der Waals surface area contributed by atoms with Crippen LogP contribution in [0.5, 0.6) is 11.5 Å². The highest BCUT2D eigenvalue weighted by molar-refractivity contribution is 5.76. The monoisotopic (exact) mass is 567 g/mol. The van der Waals surface area contributed by atoms with Crippen molar-refractivity contribution in [2.24, 2.45) is 0 Å². The number of rotatable bonds is 6. The highest BCUT2D eigenvalue weighted by atomic mass is 19.4. The van der Waals surface area contributed by atoms with Crippen molar-refractivity contribution in [3.8, 4) is 34.0 Å². The van der Waals surface area contributed by atoms with E-state index in [1.165, 1.54) is 7.11 Å². The number of H-pyrrole nitrogens is 1. The zero-order valence-electron chi connectivity index (χ0n) is 22.1. The Morgan fingerprint density at radius 1 is 1.12 bits per heavy atom. The number of ether oxygens (including phenoxy) is 3. The van der Waals surface area contributed by atoms with E-state index in [1.54, 1.807) is 49.4 Å². The molecule has 3 aromatic carbocycles. The maximum Gasteiger partial charge on any atom is 0.417 e. The van der Waals surface area contributed by atoms with E-state index in [0.29, 0.717) is 53.4 Å². The summed E-state index contributed by atoms with van der Waals surface area (Å²) >= 11 is 0. The summed E-state index contributed by atoms with van der Waals surface area (Å²) in [6.07, 6.45) is -4.86. The van der Waals surface area contributed by atoms with Gasteiger partial charge in [-0.3, -0.25) is 9.89 Å². The highest BCUT2D eigenvalue weighted by Gasteiger charge is 2.40. The van der Waals surface area contributed by atoms with Gasteiger partial charge in [-0.1, -0.05) is 30.3 Å². The third kappa shape index (κ3) is 5.00. The van der Waals surface area contributed by atoms with E-state index in [-0.39, 0.29) is 41.4 Å². The van der Waals surface area contributed by atoms with E-state index in [9.17, 15) is 18.0 Å². The smallest absolute Gasteiger partial charge is 0.417 e. The standard InChI is InChI=1S/C30H25F4N3O4/c1-15-35-29(37-36-15)17-5-3-16(4-6-17)27-21-9-10-24(28(21)23(31)13-22(27)30(32,33)34)41-19-7-8-20-18(11-26(38)39-2)14-40-25(20)12-19/h3-8,12-13,18,24H,9-11,14H2,1-2H3,(H,35,36,37)/t18?,24-/m1/s1. The molecule has 212 valence electrons. The van der Waals surface area contributed by atoms with Gasteiger partial charge in [-0.05, 0) is 48.6 Å². The minimum atomic E-state index is -4.76.